The van der Waals surface area contributed by atoms with Crippen molar-refractivity contribution < 1.29 is 63.9 Å². The van der Waals surface area contributed by atoms with Crippen LogP contribution in [-0.2, 0) is 33.3 Å². The lowest BCUT2D eigenvalue weighted by Crippen LogP contribution is -2.60. The van der Waals surface area contributed by atoms with Crippen LogP contribution in [-0.4, -0.2) is 99.9 Å². The highest BCUT2D eigenvalue weighted by molar-refractivity contribution is 5.89. The molecule has 13 nitrogen and oxygen atoms in total. The van der Waals surface area contributed by atoms with Gasteiger partial charge in [0.2, 0.25) is 6.29 Å². The number of esters is 2. The Morgan fingerprint density at radius 1 is 1.08 bits per heavy atom. The molecule has 0 radical (unpaired) electrons. The third-order valence-electron chi connectivity index (χ3n) is 6.40. The fourth-order valence-electron chi connectivity index (χ4n) is 4.23. The van der Waals surface area contributed by atoms with E-state index in [0.29, 0.717) is 5.56 Å². The van der Waals surface area contributed by atoms with E-state index >= 15 is 0 Å². The summed E-state index contributed by atoms with van der Waals surface area (Å²) in [5.41, 5.74) is 0.560. The number of aromatic hydroxyl groups is 2. The fraction of sp³-hybridized carbons (Fsp3) is 0.462. The lowest BCUT2D eigenvalue weighted by atomic mass is 9.82. The molecule has 2 aliphatic rings. The van der Waals surface area contributed by atoms with Gasteiger partial charge in [0, 0.05) is 17.9 Å². The van der Waals surface area contributed by atoms with Gasteiger partial charge in [0.05, 0.1) is 32.2 Å². The van der Waals surface area contributed by atoms with Crippen LogP contribution in [0.4, 0.5) is 0 Å². The number of carbonyl (C=O) groups is 2. The smallest absolute Gasteiger partial charge is 0.337 e. The van der Waals surface area contributed by atoms with Gasteiger partial charge in [-0.15, -0.1) is 6.58 Å². The maximum atomic E-state index is 12.4. The van der Waals surface area contributed by atoms with Crippen LogP contribution in [0.3, 0.4) is 0 Å². The lowest BCUT2D eigenvalue weighted by Gasteiger charge is -2.43. The van der Waals surface area contributed by atoms with Crippen LogP contribution >= 0.6 is 0 Å². The van der Waals surface area contributed by atoms with Crippen molar-refractivity contribution >= 4 is 18.0 Å². The van der Waals surface area contributed by atoms with E-state index in [-0.39, 0.29) is 30.1 Å². The van der Waals surface area contributed by atoms with E-state index in [1.807, 2.05) is 0 Å². The van der Waals surface area contributed by atoms with Gasteiger partial charge < -0.3 is 54.3 Å². The van der Waals surface area contributed by atoms with Crippen molar-refractivity contribution in [3.8, 4) is 11.5 Å². The quantitative estimate of drug-likeness (QED) is 0.0956. The first-order chi connectivity index (χ1) is 18.6. The summed E-state index contributed by atoms with van der Waals surface area (Å²) in [7, 11) is 1.19. The normalized spacial score (nSPS) is 30.7. The minimum absolute atomic E-state index is 0.106. The maximum absolute atomic E-state index is 12.4. The van der Waals surface area contributed by atoms with E-state index in [0.717, 1.165) is 12.3 Å². The summed E-state index contributed by atoms with van der Waals surface area (Å²) in [6.45, 7) is 2.98. The molecule has 39 heavy (non-hydrogen) atoms. The van der Waals surface area contributed by atoms with Crippen molar-refractivity contribution in [2.24, 2.45) is 11.8 Å². The van der Waals surface area contributed by atoms with E-state index in [1.54, 1.807) is 0 Å². The van der Waals surface area contributed by atoms with Crippen molar-refractivity contribution in [2.75, 3.05) is 20.3 Å². The SMILES string of the molecule is C=C[C@H]1[C@H](O[C@H]2O[C@@H](CO)[C@H](O)[C@@H](O)[C@@H]2O)OC=C(C(=O)OC)[C@H]1CCOC(=O)/C=C\c1ccc(O)c(O)c1. The zero-order chi connectivity index (χ0) is 28.7. The summed E-state index contributed by atoms with van der Waals surface area (Å²) in [4.78, 5) is 24.6. The molecule has 0 bridgehead atoms. The number of carbonyl (C=O) groups excluding carboxylic acids is 2. The van der Waals surface area contributed by atoms with Crippen LogP contribution in [0.5, 0.6) is 11.5 Å². The van der Waals surface area contributed by atoms with Crippen LogP contribution in [0, 0.1) is 11.8 Å². The number of benzene rings is 1. The summed E-state index contributed by atoms with van der Waals surface area (Å²) in [5, 5.41) is 58.7. The number of aliphatic hydroxyl groups is 4. The molecule has 1 saturated heterocycles. The van der Waals surface area contributed by atoms with E-state index in [9.17, 15) is 40.2 Å². The van der Waals surface area contributed by atoms with E-state index < -0.39 is 67.4 Å². The second-order valence-corrected chi connectivity index (χ2v) is 8.86. The van der Waals surface area contributed by atoms with Gasteiger partial charge in [-0.3, -0.25) is 0 Å². The lowest BCUT2D eigenvalue weighted by molar-refractivity contribution is -0.339. The summed E-state index contributed by atoms with van der Waals surface area (Å²) in [5.74, 6) is -3.47. The maximum Gasteiger partial charge on any atom is 0.337 e. The van der Waals surface area contributed by atoms with Crippen LogP contribution in [0.2, 0.25) is 0 Å². The van der Waals surface area contributed by atoms with Gasteiger partial charge in [0.25, 0.3) is 0 Å². The number of hydrogen-bond acceptors (Lipinski definition) is 13. The molecular weight excluding hydrogens is 520 g/mol. The average Bonchev–Trinajstić information content (AvgIpc) is 2.93. The van der Waals surface area contributed by atoms with Crippen LogP contribution < -0.4 is 0 Å². The number of ether oxygens (including phenoxy) is 5. The van der Waals surface area contributed by atoms with Crippen molar-refractivity contribution in [3.63, 3.8) is 0 Å². The highest BCUT2D eigenvalue weighted by Crippen LogP contribution is 2.37. The topological polar surface area (TPSA) is 202 Å². The monoisotopic (exact) mass is 552 g/mol. The Hall–Kier alpha value is -3.46. The Bertz CT molecular complexity index is 1080. The molecule has 13 heteroatoms. The van der Waals surface area contributed by atoms with Crippen molar-refractivity contribution in [2.45, 2.75) is 43.4 Å². The van der Waals surface area contributed by atoms with Crippen LogP contribution in [0.15, 0.2) is 48.8 Å². The minimum Gasteiger partial charge on any atom is -0.504 e. The summed E-state index contributed by atoms with van der Waals surface area (Å²) < 4.78 is 26.7. The Morgan fingerprint density at radius 3 is 2.46 bits per heavy atom. The molecule has 0 saturated carbocycles. The molecule has 1 aromatic rings. The second-order valence-electron chi connectivity index (χ2n) is 8.86. The molecule has 0 unspecified atom stereocenters. The van der Waals surface area contributed by atoms with Gasteiger partial charge in [-0.2, -0.15) is 0 Å². The highest BCUT2D eigenvalue weighted by Gasteiger charge is 2.47. The third-order valence-corrected chi connectivity index (χ3v) is 6.40. The number of methoxy groups -OCH3 is 1. The van der Waals surface area contributed by atoms with E-state index in [4.69, 9.17) is 23.7 Å². The predicted molar refractivity (Wildman–Crippen MR) is 131 cm³/mol. The Balaban J connectivity index is 1.68. The molecule has 214 valence electrons. The molecule has 0 spiro atoms. The largest absolute Gasteiger partial charge is 0.504 e. The molecule has 8 atom stereocenters. The first-order valence-corrected chi connectivity index (χ1v) is 12.0. The molecule has 6 N–H and O–H groups in total. The van der Waals surface area contributed by atoms with Crippen molar-refractivity contribution in [1.82, 2.24) is 0 Å². The molecule has 0 aromatic heterocycles. The molecule has 0 aliphatic carbocycles. The van der Waals surface area contributed by atoms with Crippen LogP contribution in [0.1, 0.15) is 12.0 Å². The molecule has 2 heterocycles. The van der Waals surface area contributed by atoms with Gasteiger partial charge in [-0.25, -0.2) is 9.59 Å². The van der Waals surface area contributed by atoms with Gasteiger partial charge in [-0.05, 0) is 30.2 Å². The molecule has 3 rings (SSSR count). The molecule has 1 fully saturated rings. The predicted octanol–water partition coefficient (Wildman–Crippen LogP) is -0.308. The number of aliphatic hydroxyl groups excluding tert-OH is 4. The van der Waals surface area contributed by atoms with E-state index in [2.05, 4.69) is 6.58 Å². The first kappa shape index (κ1) is 30.1. The van der Waals surface area contributed by atoms with Crippen LogP contribution in [0.25, 0.3) is 6.08 Å². The molecule has 1 aromatic carbocycles. The average molecular weight is 553 g/mol. The Kier molecular flexibility index (Phi) is 10.5. The third kappa shape index (κ3) is 7.15. The fourth-order valence-corrected chi connectivity index (χ4v) is 4.23. The molecule has 2 aliphatic heterocycles. The molecule has 0 amide bonds. The zero-order valence-electron chi connectivity index (χ0n) is 21.0. The van der Waals surface area contributed by atoms with Crippen molar-refractivity contribution in [3.05, 3.63) is 54.3 Å². The summed E-state index contributed by atoms with van der Waals surface area (Å²) in [6.07, 6.45) is -3.62. The number of hydrogen-bond donors (Lipinski definition) is 6. The Morgan fingerprint density at radius 2 is 1.82 bits per heavy atom. The summed E-state index contributed by atoms with van der Waals surface area (Å²) >= 11 is 0. The van der Waals surface area contributed by atoms with Crippen molar-refractivity contribution in [1.29, 1.82) is 0 Å². The number of phenolic OH excluding ortho intramolecular Hbond substituents is 2. The highest BCUT2D eigenvalue weighted by atomic mass is 16.8. The van der Waals surface area contributed by atoms with Gasteiger partial charge in [0.15, 0.2) is 17.8 Å². The van der Waals surface area contributed by atoms with Gasteiger partial charge in [0.1, 0.15) is 24.4 Å². The molecular formula is C26H32O13. The summed E-state index contributed by atoms with van der Waals surface area (Å²) in [6, 6.07) is 4.02. The van der Waals surface area contributed by atoms with Gasteiger partial charge >= 0.3 is 11.9 Å². The van der Waals surface area contributed by atoms with E-state index in [1.165, 1.54) is 37.5 Å². The minimum atomic E-state index is -1.68. The Labute approximate surface area is 223 Å². The zero-order valence-corrected chi connectivity index (χ0v) is 21.0. The number of rotatable bonds is 10. The second kappa shape index (κ2) is 13.6. The number of phenols is 2. The standard InChI is InChI=1S/C26H32O13/c1-3-14-15(8-9-36-20(30)7-5-13-4-6-17(28)18(29)10-13)16(24(34)35-2)12-37-25(14)39-26-23(33)22(32)21(31)19(11-27)38-26/h3-7,10,12,14-15,19,21-23,25-29,31-33H,1,8-9,11H2,2H3/b7-5-/t14-,15+,19+,21+,22-,23+,25+,26-/m1/s1. The first-order valence-electron chi connectivity index (χ1n) is 12.0. The van der Waals surface area contributed by atoms with Gasteiger partial charge in [-0.1, -0.05) is 12.1 Å².